The Balaban J connectivity index is 2.42. The Kier molecular flexibility index (Phi) is 4.42. The second-order valence-corrected chi connectivity index (χ2v) is 5.27. The lowest BCUT2D eigenvalue weighted by molar-refractivity contribution is 0.180. The van der Waals surface area contributed by atoms with Gasteiger partial charge in [-0.25, -0.2) is 4.39 Å². The molecule has 0 aliphatic heterocycles. The van der Waals surface area contributed by atoms with Gasteiger partial charge in [0, 0.05) is 23.8 Å². The number of rotatable bonds is 4. The highest BCUT2D eigenvalue weighted by molar-refractivity contribution is 5.43. The summed E-state index contributed by atoms with van der Waals surface area (Å²) in [5, 5.41) is 0. The number of benzene rings is 1. The molecule has 1 aliphatic rings. The van der Waals surface area contributed by atoms with Crippen molar-refractivity contribution in [2.24, 2.45) is 5.73 Å². The van der Waals surface area contributed by atoms with Gasteiger partial charge in [-0.3, -0.25) is 0 Å². The van der Waals surface area contributed by atoms with Gasteiger partial charge in [0.05, 0.1) is 13.7 Å². The van der Waals surface area contributed by atoms with Gasteiger partial charge in [0.1, 0.15) is 0 Å². The first kappa shape index (κ1) is 14.3. The normalized spacial score (nSPS) is 18.3. The third-order valence-corrected chi connectivity index (χ3v) is 3.96. The molecule has 0 radical (unpaired) electrons. The molecule has 0 heterocycles. The van der Waals surface area contributed by atoms with E-state index in [9.17, 15) is 4.39 Å². The van der Waals surface area contributed by atoms with Crippen LogP contribution in [0.25, 0.3) is 0 Å². The molecule has 2 N–H and O–H groups in total. The molecule has 1 aromatic carbocycles. The molecule has 0 saturated heterocycles. The SMILES string of the molecule is COCc1ccc(C2(N)CCCCC2)c(OC)c1F. The van der Waals surface area contributed by atoms with Crippen LogP contribution < -0.4 is 10.5 Å². The zero-order valence-corrected chi connectivity index (χ0v) is 11.7. The van der Waals surface area contributed by atoms with Crippen LogP contribution in [0.4, 0.5) is 4.39 Å². The molecule has 1 aliphatic carbocycles. The van der Waals surface area contributed by atoms with E-state index in [1.807, 2.05) is 6.07 Å². The number of hydrogen-bond acceptors (Lipinski definition) is 3. The summed E-state index contributed by atoms with van der Waals surface area (Å²) in [6.45, 7) is 0.236. The van der Waals surface area contributed by atoms with E-state index in [1.54, 1.807) is 13.2 Å². The minimum atomic E-state index is -0.462. The fourth-order valence-corrected chi connectivity index (χ4v) is 2.91. The lowest BCUT2D eigenvalue weighted by Gasteiger charge is -2.35. The van der Waals surface area contributed by atoms with Crippen LogP contribution in [0.5, 0.6) is 5.75 Å². The smallest absolute Gasteiger partial charge is 0.170 e. The number of methoxy groups -OCH3 is 2. The average Bonchev–Trinajstić information content (AvgIpc) is 2.41. The standard InChI is InChI=1S/C15H22FNO2/c1-18-10-11-6-7-12(14(19-2)13(11)16)15(17)8-4-3-5-9-15/h6-7H,3-5,8-10,17H2,1-2H3. The van der Waals surface area contributed by atoms with E-state index in [-0.39, 0.29) is 18.2 Å². The summed E-state index contributed by atoms with van der Waals surface area (Å²) in [5.41, 5.74) is 7.30. The van der Waals surface area contributed by atoms with Gasteiger partial charge < -0.3 is 15.2 Å². The van der Waals surface area contributed by atoms with E-state index < -0.39 is 5.54 Å². The first-order chi connectivity index (χ1) is 9.12. The number of nitrogens with two attached hydrogens (primary N) is 1. The lowest BCUT2D eigenvalue weighted by Crippen LogP contribution is -2.39. The van der Waals surface area contributed by atoms with Crippen molar-refractivity contribution in [3.63, 3.8) is 0 Å². The maximum atomic E-state index is 14.4. The molecule has 0 spiro atoms. The van der Waals surface area contributed by atoms with Crippen molar-refractivity contribution in [2.45, 2.75) is 44.2 Å². The average molecular weight is 267 g/mol. The van der Waals surface area contributed by atoms with Gasteiger partial charge in [0.2, 0.25) is 0 Å². The fourth-order valence-electron chi connectivity index (χ4n) is 2.91. The lowest BCUT2D eigenvalue weighted by atomic mass is 9.77. The number of halogens is 1. The van der Waals surface area contributed by atoms with Gasteiger partial charge >= 0.3 is 0 Å². The molecule has 4 heteroatoms. The monoisotopic (exact) mass is 267 g/mol. The minimum absolute atomic E-state index is 0.236. The second-order valence-electron chi connectivity index (χ2n) is 5.27. The second kappa shape index (κ2) is 5.88. The van der Waals surface area contributed by atoms with Crippen LogP contribution in [0, 0.1) is 5.82 Å². The minimum Gasteiger partial charge on any atom is -0.493 e. The van der Waals surface area contributed by atoms with E-state index in [4.69, 9.17) is 15.2 Å². The Labute approximate surface area is 113 Å². The van der Waals surface area contributed by atoms with E-state index in [0.29, 0.717) is 5.56 Å². The van der Waals surface area contributed by atoms with E-state index in [2.05, 4.69) is 0 Å². The van der Waals surface area contributed by atoms with Crippen LogP contribution in [0.1, 0.15) is 43.2 Å². The molecule has 0 aromatic heterocycles. The summed E-state index contributed by atoms with van der Waals surface area (Å²) in [7, 11) is 3.04. The van der Waals surface area contributed by atoms with Gasteiger partial charge in [-0.1, -0.05) is 31.4 Å². The van der Waals surface area contributed by atoms with Crippen LogP contribution in [-0.4, -0.2) is 14.2 Å². The fraction of sp³-hybridized carbons (Fsp3) is 0.600. The maximum Gasteiger partial charge on any atom is 0.170 e. The summed E-state index contributed by atoms with van der Waals surface area (Å²) in [5.74, 6) is -0.0730. The summed E-state index contributed by atoms with van der Waals surface area (Å²) in [6.07, 6.45) is 5.13. The topological polar surface area (TPSA) is 44.5 Å². The molecule has 0 amide bonds. The van der Waals surface area contributed by atoms with E-state index in [1.165, 1.54) is 13.5 Å². The summed E-state index contributed by atoms with van der Waals surface area (Å²) in [4.78, 5) is 0. The molecule has 1 aromatic rings. The molecule has 1 fully saturated rings. The Morgan fingerprint density at radius 1 is 1.21 bits per heavy atom. The highest BCUT2D eigenvalue weighted by Crippen LogP contribution is 2.41. The third-order valence-electron chi connectivity index (χ3n) is 3.96. The van der Waals surface area contributed by atoms with Crippen molar-refractivity contribution >= 4 is 0 Å². The Bertz CT molecular complexity index is 442. The summed E-state index contributed by atoms with van der Waals surface area (Å²) >= 11 is 0. The van der Waals surface area contributed by atoms with Crippen LogP contribution in [-0.2, 0) is 16.9 Å². The Morgan fingerprint density at radius 2 is 1.89 bits per heavy atom. The van der Waals surface area contributed by atoms with Gasteiger partial charge in [-0.2, -0.15) is 0 Å². The van der Waals surface area contributed by atoms with Gasteiger partial charge in [0.15, 0.2) is 11.6 Å². The highest BCUT2D eigenvalue weighted by atomic mass is 19.1. The molecule has 3 nitrogen and oxygen atoms in total. The van der Waals surface area contributed by atoms with Gasteiger partial charge in [0.25, 0.3) is 0 Å². The third kappa shape index (κ3) is 2.74. The Morgan fingerprint density at radius 3 is 2.47 bits per heavy atom. The maximum absolute atomic E-state index is 14.4. The van der Waals surface area contributed by atoms with Crippen molar-refractivity contribution in [3.8, 4) is 5.75 Å². The van der Waals surface area contributed by atoms with Crippen molar-refractivity contribution in [1.29, 1.82) is 0 Å². The van der Waals surface area contributed by atoms with Crippen LogP contribution in [0.3, 0.4) is 0 Å². The van der Waals surface area contributed by atoms with Gasteiger partial charge in [-0.05, 0) is 12.8 Å². The molecular weight excluding hydrogens is 245 g/mol. The summed E-state index contributed by atoms with van der Waals surface area (Å²) in [6, 6.07) is 3.64. The van der Waals surface area contributed by atoms with Crippen molar-refractivity contribution in [3.05, 3.63) is 29.1 Å². The molecule has 0 bridgehead atoms. The van der Waals surface area contributed by atoms with E-state index >= 15 is 0 Å². The van der Waals surface area contributed by atoms with Gasteiger partial charge in [-0.15, -0.1) is 0 Å². The van der Waals surface area contributed by atoms with E-state index in [0.717, 1.165) is 31.2 Å². The number of hydrogen-bond donors (Lipinski definition) is 1. The molecule has 1 saturated carbocycles. The predicted octanol–water partition coefficient (Wildman–Crippen LogP) is 3.10. The molecule has 0 atom stereocenters. The quantitative estimate of drug-likeness (QED) is 0.911. The Hall–Kier alpha value is -1.13. The molecule has 19 heavy (non-hydrogen) atoms. The van der Waals surface area contributed by atoms with Crippen molar-refractivity contribution < 1.29 is 13.9 Å². The van der Waals surface area contributed by atoms with Crippen LogP contribution >= 0.6 is 0 Å². The van der Waals surface area contributed by atoms with Crippen LogP contribution in [0.2, 0.25) is 0 Å². The van der Waals surface area contributed by atoms with Crippen molar-refractivity contribution in [1.82, 2.24) is 0 Å². The molecule has 106 valence electrons. The van der Waals surface area contributed by atoms with Crippen LogP contribution in [0.15, 0.2) is 12.1 Å². The zero-order valence-electron chi connectivity index (χ0n) is 11.7. The first-order valence-electron chi connectivity index (χ1n) is 6.76. The highest BCUT2D eigenvalue weighted by Gasteiger charge is 2.33. The zero-order chi connectivity index (χ0) is 13.9. The predicted molar refractivity (Wildman–Crippen MR) is 72.6 cm³/mol. The largest absolute Gasteiger partial charge is 0.493 e. The number of ether oxygens (including phenoxy) is 2. The molecule has 2 rings (SSSR count). The van der Waals surface area contributed by atoms with Crippen molar-refractivity contribution in [2.75, 3.05) is 14.2 Å². The summed E-state index contributed by atoms with van der Waals surface area (Å²) < 4.78 is 24.6. The molecule has 0 unspecified atom stereocenters. The first-order valence-corrected chi connectivity index (χ1v) is 6.76. The molecular formula is C15H22FNO2.